The smallest absolute Gasteiger partial charge is 0.0707 e. The monoisotopic (exact) mass is 283 g/mol. The molecule has 0 aromatic heterocycles. The minimum atomic E-state index is -1.21. The van der Waals surface area contributed by atoms with Crippen LogP contribution in [0.25, 0.3) is 0 Å². The first-order chi connectivity index (χ1) is 9.21. The summed E-state index contributed by atoms with van der Waals surface area (Å²) in [5, 5.41) is 3.19. The maximum absolute atomic E-state index is 2.60. The summed E-state index contributed by atoms with van der Waals surface area (Å²) >= 11 is 0. The van der Waals surface area contributed by atoms with Crippen molar-refractivity contribution in [3.63, 3.8) is 0 Å². The fourth-order valence-corrected chi connectivity index (χ4v) is 14.0. The Hall–Kier alpha value is -1.13. The van der Waals surface area contributed by atoms with E-state index in [9.17, 15) is 0 Å². The zero-order valence-corrected chi connectivity index (χ0v) is 14.2. The van der Waals surface area contributed by atoms with Gasteiger partial charge in [-0.3, -0.25) is 0 Å². The second-order valence-corrected chi connectivity index (χ2v) is 16.9. The molecule has 0 unspecified atom stereocenters. The van der Waals surface area contributed by atoms with E-state index in [4.69, 9.17) is 0 Å². The molecule has 2 aromatic carbocycles. The van der Waals surface area contributed by atoms with Crippen LogP contribution in [0.5, 0.6) is 0 Å². The van der Waals surface area contributed by atoms with Crippen LogP contribution in [0.3, 0.4) is 0 Å². The lowest BCUT2D eigenvalue weighted by Crippen LogP contribution is -2.61. The van der Waals surface area contributed by atoms with Crippen molar-refractivity contribution in [3.8, 4) is 0 Å². The Labute approximate surface area is 119 Å². The van der Waals surface area contributed by atoms with Crippen molar-refractivity contribution in [1.29, 1.82) is 0 Å². The third-order valence-electron chi connectivity index (χ3n) is 4.29. The second-order valence-electron chi connectivity index (χ2n) is 5.37. The number of hydrogen-bond donors (Lipinski definition) is 0. The van der Waals surface area contributed by atoms with Gasteiger partial charge < -0.3 is 0 Å². The summed E-state index contributed by atoms with van der Waals surface area (Å²) in [6, 6.07) is 25.2. The summed E-state index contributed by atoms with van der Waals surface area (Å²) in [5.41, 5.74) is 0. The molecule has 0 aliphatic carbocycles. The Morgan fingerprint density at radius 3 is 1.42 bits per heavy atom. The molecule has 0 heterocycles. The first kappa shape index (κ1) is 14.3. The second kappa shape index (κ2) is 6.35. The molecular weight excluding hydrogens is 260 g/mol. The van der Waals surface area contributed by atoms with Crippen LogP contribution in [-0.4, -0.2) is 15.9 Å². The predicted molar refractivity (Wildman–Crippen MR) is 90.5 cm³/mol. The third kappa shape index (κ3) is 3.07. The van der Waals surface area contributed by atoms with Crippen LogP contribution < -0.4 is 10.4 Å². The van der Waals surface area contributed by atoms with E-state index < -0.39 is 15.9 Å². The van der Waals surface area contributed by atoms with Gasteiger partial charge in [0.2, 0.25) is 0 Å². The molecule has 2 aromatic rings. The van der Waals surface area contributed by atoms with Crippen molar-refractivity contribution >= 4 is 26.3 Å². The lowest BCUT2D eigenvalue weighted by Gasteiger charge is -2.33. The molecule has 0 amide bonds. The highest BCUT2D eigenvalue weighted by atomic mass is 29.2. The molecule has 19 heavy (non-hydrogen) atoms. The van der Waals surface area contributed by atoms with Gasteiger partial charge in [-0.05, 0) is 0 Å². The van der Waals surface area contributed by atoms with Crippen molar-refractivity contribution in [1.82, 2.24) is 0 Å². The van der Waals surface area contributed by atoms with Crippen molar-refractivity contribution in [2.24, 2.45) is 0 Å². The quantitative estimate of drug-likeness (QED) is 0.737. The zero-order chi connectivity index (χ0) is 13.7. The number of hydrogen-bond acceptors (Lipinski definition) is 0. The van der Waals surface area contributed by atoms with Crippen LogP contribution in [0.4, 0.5) is 0 Å². The van der Waals surface area contributed by atoms with Crippen molar-refractivity contribution in [2.75, 3.05) is 0 Å². The third-order valence-corrected chi connectivity index (χ3v) is 17.9. The van der Waals surface area contributed by atoms with Gasteiger partial charge in [-0.15, -0.1) is 0 Å². The van der Waals surface area contributed by atoms with Gasteiger partial charge in [0.1, 0.15) is 8.31 Å². The molecule has 0 atom stereocenters. The molecule has 2 rings (SSSR count). The van der Waals surface area contributed by atoms with Gasteiger partial charge in [0.15, 0.2) is 0 Å². The standard InChI is InChI=1S/C17H23Si2/c1-4-19(3,5-2)18(16-12-8-6-9-13-16)17-14-10-7-11-15-17/h6-15H,4-5H2,1-3H3. The van der Waals surface area contributed by atoms with E-state index in [1.807, 2.05) is 0 Å². The Morgan fingerprint density at radius 2 is 1.11 bits per heavy atom. The predicted octanol–water partition coefficient (Wildman–Crippen LogP) is 3.49. The van der Waals surface area contributed by atoms with E-state index in [2.05, 4.69) is 81.1 Å². The van der Waals surface area contributed by atoms with Gasteiger partial charge in [0.05, 0.1) is 7.59 Å². The van der Waals surface area contributed by atoms with Crippen LogP contribution >= 0.6 is 0 Å². The Bertz CT molecular complexity index is 450. The molecule has 0 saturated heterocycles. The molecule has 0 saturated carbocycles. The van der Waals surface area contributed by atoms with Gasteiger partial charge in [-0.2, -0.15) is 0 Å². The molecule has 2 heteroatoms. The van der Waals surface area contributed by atoms with Gasteiger partial charge in [0.25, 0.3) is 0 Å². The van der Waals surface area contributed by atoms with Gasteiger partial charge >= 0.3 is 0 Å². The fourth-order valence-electron chi connectivity index (χ4n) is 2.68. The van der Waals surface area contributed by atoms with Crippen LogP contribution in [0.15, 0.2) is 60.7 Å². The van der Waals surface area contributed by atoms with E-state index in [0.717, 1.165) is 0 Å². The maximum atomic E-state index is 2.60. The molecule has 0 bridgehead atoms. The molecule has 0 spiro atoms. The lowest BCUT2D eigenvalue weighted by molar-refractivity contribution is 1.29. The average molecular weight is 284 g/mol. The maximum Gasteiger partial charge on any atom is 0.112 e. The van der Waals surface area contributed by atoms with E-state index in [0.29, 0.717) is 0 Å². The van der Waals surface area contributed by atoms with Crippen molar-refractivity contribution in [2.45, 2.75) is 32.5 Å². The van der Waals surface area contributed by atoms with E-state index in [-0.39, 0.29) is 0 Å². The molecule has 0 aliphatic heterocycles. The highest BCUT2D eigenvalue weighted by molar-refractivity contribution is 7.41. The van der Waals surface area contributed by atoms with E-state index in [1.54, 1.807) is 10.4 Å². The summed E-state index contributed by atoms with van der Waals surface area (Å²) in [6.07, 6.45) is 0. The summed E-state index contributed by atoms with van der Waals surface area (Å²) < 4.78 is 0. The summed E-state index contributed by atoms with van der Waals surface area (Å²) in [7, 11) is -1.81. The molecule has 0 fully saturated rings. The zero-order valence-electron chi connectivity index (χ0n) is 12.2. The minimum absolute atomic E-state index is 0.600. The average Bonchev–Trinajstić information content (AvgIpc) is 2.49. The Balaban J connectivity index is 2.52. The van der Waals surface area contributed by atoms with Crippen molar-refractivity contribution < 1.29 is 0 Å². The van der Waals surface area contributed by atoms with Crippen LogP contribution in [0, 0.1) is 0 Å². The van der Waals surface area contributed by atoms with Crippen LogP contribution in [0.2, 0.25) is 18.6 Å². The highest BCUT2D eigenvalue weighted by Crippen LogP contribution is 2.18. The molecule has 99 valence electrons. The fraction of sp³-hybridized carbons (Fsp3) is 0.294. The van der Waals surface area contributed by atoms with Gasteiger partial charge in [0, 0.05) is 0 Å². The minimum Gasteiger partial charge on any atom is -0.0707 e. The SMILES string of the molecule is CC[Si](C)(CC)[Si](c1ccccc1)c1ccccc1. The lowest BCUT2D eigenvalue weighted by atomic mass is 10.4. The summed E-state index contributed by atoms with van der Waals surface area (Å²) in [5.74, 6) is 0. The van der Waals surface area contributed by atoms with E-state index in [1.165, 1.54) is 12.1 Å². The normalized spacial score (nSPS) is 11.8. The van der Waals surface area contributed by atoms with Gasteiger partial charge in [-0.25, -0.2) is 0 Å². The largest absolute Gasteiger partial charge is 0.112 e. The first-order valence-corrected chi connectivity index (χ1v) is 12.6. The van der Waals surface area contributed by atoms with Crippen molar-refractivity contribution in [3.05, 3.63) is 60.7 Å². The van der Waals surface area contributed by atoms with Crippen LogP contribution in [0.1, 0.15) is 13.8 Å². The highest BCUT2D eigenvalue weighted by Gasteiger charge is 2.37. The molecule has 0 aliphatic rings. The topological polar surface area (TPSA) is 0 Å². The molecule has 1 radical (unpaired) electrons. The molecule has 0 N–H and O–H groups in total. The first-order valence-electron chi connectivity index (χ1n) is 7.19. The van der Waals surface area contributed by atoms with E-state index >= 15 is 0 Å². The molecular formula is C17H23Si2. The Morgan fingerprint density at radius 1 is 0.737 bits per heavy atom. The summed E-state index contributed by atoms with van der Waals surface area (Å²) in [6.45, 7) is 7.39. The number of rotatable bonds is 5. The summed E-state index contributed by atoms with van der Waals surface area (Å²) in [4.78, 5) is 0. The van der Waals surface area contributed by atoms with Gasteiger partial charge in [-0.1, -0.05) is 104 Å². The molecule has 0 nitrogen and oxygen atoms in total. The van der Waals surface area contributed by atoms with Crippen LogP contribution in [-0.2, 0) is 0 Å². The number of benzene rings is 2. The Kier molecular flexibility index (Phi) is 4.78.